The molecule has 0 radical (unpaired) electrons. The Hall–Kier alpha value is -4.19. The van der Waals surface area contributed by atoms with E-state index in [9.17, 15) is 14.4 Å². The Morgan fingerprint density at radius 2 is 0.733 bits per heavy atom. The summed E-state index contributed by atoms with van der Waals surface area (Å²) in [6, 6.07) is 0. The van der Waals surface area contributed by atoms with E-state index in [2.05, 4.69) is 81.5 Å². The first-order valence-corrected chi connectivity index (χ1v) is 23.6. The normalized spacial score (nSPS) is 13.2. The van der Waals surface area contributed by atoms with Gasteiger partial charge >= 0.3 is 17.9 Å². The monoisotopic (exact) mass is 829 g/mol. The molecule has 0 aromatic heterocycles. The highest BCUT2D eigenvalue weighted by atomic mass is 16.6. The fourth-order valence-electron chi connectivity index (χ4n) is 5.82. The molecule has 0 heterocycles. The average molecular weight is 829 g/mol. The second kappa shape index (κ2) is 47.5. The molecule has 0 aliphatic carbocycles. The minimum Gasteiger partial charge on any atom is -0.462 e. The second-order valence-electron chi connectivity index (χ2n) is 15.0. The van der Waals surface area contributed by atoms with E-state index in [4.69, 9.17) is 14.2 Å². The molecule has 0 aliphatic rings. The van der Waals surface area contributed by atoms with Gasteiger partial charge in [-0.3, -0.25) is 14.4 Å². The van der Waals surface area contributed by atoms with Crippen LogP contribution in [0.2, 0.25) is 0 Å². The summed E-state index contributed by atoms with van der Waals surface area (Å²) in [6.45, 7) is 6.24. The zero-order valence-corrected chi connectivity index (χ0v) is 38.2. The molecule has 6 nitrogen and oxygen atoms in total. The molecule has 0 rings (SSSR count). The maximum absolute atomic E-state index is 12.7. The van der Waals surface area contributed by atoms with Crippen molar-refractivity contribution >= 4 is 17.9 Å². The number of hydrogen-bond donors (Lipinski definition) is 0. The van der Waals surface area contributed by atoms with E-state index in [1.165, 1.54) is 25.7 Å². The lowest BCUT2D eigenvalue weighted by atomic mass is 10.1. The highest BCUT2D eigenvalue weighted by Crippen LogP contribution is 2.12. The van der Waals surface area contributed by atoms with Crippen LogP contribution < -0.4 is 0 Å². The van der Waals surface area contributed by atoms with Crippen LogP contribution in [0, 0.1) is 0 Å². The van der Waals surface area contributed by atoms with E-state index in [0.29, 0.717) is 12.8 Å². The molecular formula is C54H84O6. The van der Waals surface area contributed by atoms with Crippen molar-refractivity contribution in [1.82, 2.24) is 0 Å². The number of unbranched alkanes of at least 4 members (excludes halogenated alkanes) is 14. The van der Waals surface area contributed by atoms with Gasteiger partial charge < -0.3 is 14.2 Å². The van der Waals surface area contributed by atoms with Crippen LogP contribution in [0.3, 0.4) is 0 Å². The van der Waals surface area contributed by atoms with Gasteiger partial charge in [0.2, 0.25) is 0 Å². The molecule has 0 aromatic rings. The van der Waals surface area contributed by atoms with Crippen LogP contribution in [0.15, 0.2) is 122 Å². The van der Waals surface area contributed by atoms with E-state index in [1.54, 1.807) is 0 Å². The third kappa shape index (κ3) is 44.9. The zero-order valence-electron chi connectivity index (χ0n) is 38.2. The Labute approximate surface area is 367 Å². The summed E-state index contributed by atoms with van der Waals surface area (Å²) in [7, 11) is 0. The Morgan fingerprint density at radius 3 is 1.25 bits per heavy atom. The molecule has 0 N–H and O–H groups in total. The first-order valence-electron chi connectivity index (χ1n) is 23.6. The molecule has 0 spiro atoms. The summed E-state index contributed by atoms with van der Waals surface area (Å²) in [4.78, 5) is 37.8. The number of esters is 3. The Balaban J connectivity index is 4.55. The molecule has 336 valence electrons. The minimum atomic E-state index is -0.813. The van der Waals surface area contributed by atoms with Gasteiger partial charge in [0.25, 0.3) is 0 Å². The summed E-state index contributed by atoms with van der Waals surface area (Å²) in [5.74, 6) is -1.000. The molecule has 0 saturated heterocycles. The van der Waals surface area contributed by atoms with Crippen molar-refractivity contribution in [3.05, 3.63) is 122 Å². The van der Waals surface area contributed by atoms with Crippen LogP contribution in [0.1, 0.15) is 181 Å². The summed E-state index contributed by atoms with van der Waals surface area (Å²) in [5, 5.41) is 0. The smallest absolute Gasteiger partial charge is 0.306 e. The van der Waals surface area contributed by atoms with Crippen LogP contribution in [0.25, 0.3) is 0 Å². The summed E-state index contributed by atoms with van der Waals surface area (Å²) < 4.78 is 16.7. The Bertz CT molecular complexity index is 1320. The van der Waals surface area contributed by atoms with Crippen LogP contribution in [-0.4, -0.2) is 37.2 Å². The lowest BCUT2D eigenvalue weighted by molar-refractivity contribution is -0.167. The number of rotatable bonds is 40. The predicted molar refractivity (Wildman–Crippen MR) is 256 cm³/mol. The average Bonchev–Trinajstić information content (AvgIpc) is 3.24. The van der Waals surface area contributed by atoms with Crippen molar-refractivity contribution in [2.24, 2.45) is 0 Å². The third-order valence-corrected chi connectivity index (χ3v) is 9.34. The molecule has 0 saturated carbocycles. The molecular weight excluding hydrogens is 745 g/mol. The molecule has 6 heteroatoms. The van der Waals surface area contributed by atoms with E-state index >= 15 is 0 Å². The molecule has 0 aromatic carbocycles. The second-order valence-corrected chi connectivity index (χ2v) is 15.0. The SMILES string of the molecule is CC\C=C/C=C\C=C/C=C\C=C\C=C/CCCCCC(=O)OCC(COC(=O)CCCCCCC/C=C\CCCC)OC(=O)CCCCCC/C=C\C/C=C\C/C=C\CC. The lowest BCUT2D eigenvalue weighted by Gasteiger charge is -2.18. The van der Waals surface area contributed by atoms with Crippen LogP contribution >= 0.6 is 0 Å². The minimum absolute atomic E-state index is 0.110. The number of ether oxygens (including phenoxy) is 3. The van der Waals surface area contributed by atoms with Crippen molar-refractivity contribution in [3.8, 4) is 0 Å². The summed E-state index contributed by atoms with van der Waals surface area (Å²) in [6.07, 6.45) is 64.6. The number of carbonyl (C=O) groups is 3. The van der Waals surface area contributed by atoms with Crippen molar-refractivity contribution in [3.63, 3.8) is 0 Å². The van der Waals surface area contributed by atoms with Crippen molar-refractivity contribution < 1.29 is 28.6 Å². The van der Waals surface area contributed by atoms with Crippen LogP contribution in [-0.2, 0) is 28.6 Å². The van der Waals surface area contributed by atoms with Gasteiger partial charge in [-0.15, -0.1) is 0 Å². The largest absolute Gasteiger partial charge is 0.462 e. The molecule has 0 aliphatic heterocycles. The van der Waals surface area contributed by atoms with Gasteiger partial charge in [-0.2, -0.15) is 0 Å². The number of carbonyl (C=O) groups excluding carboxylic acids is 3. The van der Waals surface area contributed by atoms with Gasteiger partial charge in [-0.1, -0.05) is 194 Å². The van der Waals surface area contributed by atoms with E-state index in [1.807, 2.05) is 60.8 Å². The number of allylic oxidation sites excluding steroid dienone is 20. The van der Waals surface area contributed by atoms with Gasteiger partial charge in [0.1, 0.15) is 13.2 Å². The predicted octanol–water partition coefficient (Wildman–Crippen LogP) is 15.4. The first kappa shape index (κ1) is 55.8. The van der Waals surface area contributed by atoms with E-state index in [0.717, 1.165) is 116 Å². The van der Waals surface area contributed by atoms with Gasteiger partial charge in [0.15, 0.2) is 6.10 Å². The van der Waals surface area contributed by atoms with Crippen molar-refractivity contribution in [2.45, 2.75) is 187 Å². The molecule has 60 heavy (non-hydrogen) atoms. The summed E-state index contributed by atoms with van der Waals surface area (Å²) in [5.41, 5.74) is 0. The third-order valence-electron chi connectivity index (χ3n) is 9.34. The molecule has 1 unspecified atom stereocenters. The van der Waals surface area contributed by atoms with Crippen molar-refractivity contribution in [2.75, 3.05) is 13.2 Å². The Kier molecular flexibility index (Phi) is 44.2. The first-order chi connectivity index (χ1) is 29.5. The van der Waals surface area contributed by atoms with E-state index in [-0.39, 0.29) is 37.5 Å². The fraction of sp³-hybridized carbons (Fsp3) is 0.574. The Morgan fingerprint density at radius 1 is 0.367 bits per heavy atom. The van der Waals surface area contributed by atoms with Gasteiger partial charge in [-0.25, -0.2) is 0 Å². The molecule has 0 amide bonds. The summed E-state index contributed by atoms with van der Waals surface area (Å²) >= 11 is 0. The highest BCUT2D eigenvalue weighted by molar-refractivity contribution is 5.71. The fourth-order valence-corrected chi connectivity index (χ4v) is 5.82. The molecule has 0 bridgehead atoms. The van der Waals surface area contributed by atoms with Crippen LogP contribution in [0.4, 0.5) is 0 Å². The maximum Gasteiger partial charge on any atom is 0.306 e. The molecule has 1 atom stereocenters. The van der Waals surface area contributed by atoms with Crippen molar-refractivity contribution in [1.29, 1.82) is 0 Å². The quantitative estimate of drug-likeness (QED) is 0.0201. The standard InChI is InChI=1S/C54H84O6/c1-4-7-10-13-16-19-22-24-26-27-28-30-32-35-38-41-44-47-53(56)59-50-51(49-58-52(55)46-43-40-37-34-31-21-18-15-12-9-6-3)60-54(57)48-45-42-39-36-33-29-25-23-20-17-14-11-8-5-2/h7-8,10-11,13,15-20,22,24-30,32,51H,4-6,9,12,14,21,23,31,33-50H2,1-3H3/b10-7-,11-8-,16-13-,18-15-,20-17-,22-19-,26-24-,28-27+,29-25-,32-30-. The topological polar surface area (TPSA) is 78.9 Å². The van der Waals surface area contributed by atoms with Crippen LogP contribution in [0.5, 0.6) is 0 Å². The molecule has 0 fully saturated rings. The van der Waals surface area contributed by atoms with Gasteiger partial charge in [0, 0.05) is 19.3 Å². The lowest BCUT2D eigenvalue weighted by Crippen LogP contribution is -2.30. The van der Waals surface area contributed by atoms with E-state index < -0.39 is 6.10 Å². The zero-order chi connectivity index (χ0) is 43.7. The maximum atomic E-state index is 12.7. The number of hydrogen-bond acceptors (Lipinski definition) is 6. The van der Waals surface area contributed by atoms with Gasteiger partial charge in [0.05, 0.1) is 0 Å². The highest BCUT2D eigenvalue weighted by Gasteiger charge is 2.19. The van der Waals surface area contributed by atoms with Gasteiger partial charge in [-0.05, 0) is 89.9 Å².